The molecule has 0 aliphatic heterocycles. The van der Waals surface area contributed by atoms with Crippen molar-refractivity contribution in [2.75, 3.05) is 0 Å². The zero-order chi connectivity index (χ0) is 7.71. The maximum absolute atomic E-state index is 9.38. The first kappa shape index (κ1) is 20.6. The Kier molecular flexibility index (Phi) is 15.8. The summed E-state index contributed by atoms with van der Waals surface area (Å²) in [5, 5.41) is 0. The molecule has 11 heavy (non-hydrogen) atoms. The van der Waals surface area contributed by atoms with Crippen molar-refractivity contribution in [2.45, 2.75) is 0 Å². The van der Waals surface area contributed by atoms with Crippen molar-refractivity contribution in [3.8, 4) is 0 Å². The van der Waals surface area contributed by atoms with Crippen molar-refractivity contribution in [3.63, 3.8) is 0 Å². The first-order valence-corrected chi connectivity index (χ1v) is 5.50. The summed E-state index contributed by atoms with van der Waals surface area (Å²) in [7, 11) is 0. The Morgan fingerprint density at radius 2 is 1.00 bits per heavy atom. The molecule has 0 fully saturated rings. The molecular weight excluding hydrogens is 482 g/mol. The van der Waals surface area contributed by atoms with Gasteiger partial charge in [-0.3, -0.25) is 0 Å². The second-order valence-corrected chi connectivity index (χ2v) is 4.52. The van der Waals surface area contributed by atoms with Crippen LogP contribution in [-0.4, -0.2) is 0 Å². The third-order valence-electron chi connectivity index (χ3n) is 0.167. The molecule has 0 aromatic carbocycles. The van der Waals surface area contributed by atoms with Crippen molar-refractivity contribution in [2.24, 2.45) is 0 Å². The fourth-order valence-corrected chi connectivity index (χ4v) is 1.74. The first-order chi connectivity index (χ1) is 3.71. The van der Waals surface area contributed by atoms with Gasteiger partial charge in [-0.15, -0.1) is 0 Å². The molecule has 0 saturated carbocycles. The minimum absolute atomic E-state index is 0. The molecule has 0 radical (unpaired) electrons. The van der Waals surface area contributed by atoms with Crippen LogP contribution in [0.2, 0.25) is 0 Å². The molecule has 0 spiro atoms. The topological polar surface area (TPSA) is 124 Å². The van der Waals surface area contributed by atoms with E-state index in [0.717, 1.165) is 0 Å². The van der Waals surface area contributed by atoms with Gasteiger partial charge >= 0.3 is 191 Å². The number of rotatable bonds is 2. The summed E-state index contributed by atoms with van der Waals surface area (Å²) in [5.41, 5.74) is 0. The fraction of sp³-hybridized carbons (Fsp3) is 0. The fourth-order valence-electron chi connectivity index (χ4n) is 0.102. The van der Waals surface area contributed by atoms with Gasteiger partial charge in [-0.2, -0.15) is 0 Å². The Labute approximate surface area is 185 Å². The Morgan fingerprint density at radius 1 is 0.818 bits per heavy atom. The third-order valence-corrected chi connectivity index (χ3v) is 2.83. The second kappa shape index (κ2) is 8.41. The summed E-state index contributed by atoms with van der Waals surface area (Å²) < 4.78 is 58.9. The number of hydrogen-bond donors (Lipinski definition) is 0. The monoisotopic (exact) mass is 482 g/mol. The van der Waals surface area contributed by atoms with E-state index in [0.29, 0.717) is 0 Å². The van der Waals surface area contributed by atoms with Gasteiger partial charge in [0.2, 0.25) is 0 Å². The van der Waals surface area contributed by atoms with E-state index in [1.54, 1.807) is 0 Å². The molecule has 0 aliphatic rings. The van der Waals surface area contributed by atoms with Gasteiger partial charge in [-0.05, 0) is 0 Å². The van der Waals surface area contributed by atoms with Gasteiger partial charge in [0.05, 0.1) is 0 Å². The van der Waals surface area contributed by atoms with E-state index in [-0.39, 0.29) is 138 Å². The van der Waals surface area contributed by atoms with Crippen molar-refractivity contribution in [1.29, 1.82) is 0 Å². The van der Waals surface area contributed by atoms with Crippen LogP contribution in [0.3, 0.4) is 0 Å². The molecule has 0 N–H and O–H groups in total. The van der Waals surface area contributed by atoms with Crippen molar-refractivity contribution in [3.05, 3.63) is 0 Å². The summed E-state index contributed by atoms with van der Waals surface area (Å²) in [6.45, 7) is 0. The van der Waals surface area contributed by atoms with Gasteiger partial charge in [0.15, 0.2) is 0 Å². The second-order valence-electron chi connectivity index (χ2n) is 0.885. The van der Waals surface area contributed by atoms with Crippen LogP contribution in [0.5, 0.6) is 0 Å². The SMILES string of the molecule is [Cs+].[Cs+].[O]=[Cr](=[O])([O-])[O][Cr](=[O])(=[O])[O-]. The molecule has 0 unspecified atom stereocenters. The van der Waals surface area contributed by atoms with E-state index < -0.39 is 27.2 Å². The zero-order valence-electron chi connectivity index (χ0n) is 5.67. The van der Waals surface area contributed by atoms with E-state index in [2.05, 4.69) is 2.84 Å². The standard InChI is InChI=1S/2Cr.2Cs.7O/q;;2*+1;;;;;;2*-1. The Balaban J connectivity index is -0.000000320. The average Bonchev–Trinajstić information content (AvgIpc) is 1.14. The van der Waals surface area contributed by atoms with E-state index in [1.165, 1.54) is 0 Å². The molecule has 0 aliphatic carbocycles. The van der Waals surface area contributed by atoms with Crippen LogP contribution in [0.25, 0.3) is 0 Å². The molecule has 0 heterocycles. The van der Waals surface area contributed by atoms with Gasteiger partial charge in [-0.1, -0.05) is 0 Å². The Hall–Kier alpha value is 4.25. The van der Waals surface area contributed by atoms with Crippen molar-refractivity contribution < 1.29 is 191 Å². The van der Waals surface area contributed by atoms with Crippen LogP contribution in [0.15, 0.2) is 0 Å². The van der Waals surface area contributed by atoms with Crippen LogP contribution < -0.4 is 146 Å². The van der Waals surface area contributed by atoms with Crippen LogP contribution in [0, 0.1) is 0 Å². The van der Waals surface area contributed by atoms with E-state index in [4.69, 9.17) is 0 Å². The van der Waals surface area contributed by atoms with Gasteiger partial charge < -0.3 is 0 Å². The summed E-state index contributed by atoms with van der Waals surface area (Å²) in [6.07, 6.45) is 0. The van der Waals surface area contributed by atoms with E-state index in [9.17, 15) is 23.5 Å². The summed E-state index contributed by atoms with van der Waals surface area (Å²) >= 11 is -12.1. The quantitative estimate of drug-likeness (QED) is 0.384. The molecule has 0 aromatic heterocycles. The van der Waals surface area contributed by atoms with Crippen LogP contribution in [0.4, 0.5) is 0 Å². The molecule has 7 nitrogen and oxygen atoms in total. The molecule has 0 atom stereocenters. The van der Waals surface area contributed by atoms with Crippen LogP contribution in [-0.2, 0) is 45.3 Å². The Bertz CT molecular complexity index is 240. The molecule has 0 rings (SSSR count). The molecule has 11 heteroatoms. The predicted molar refractivity (Wildman–Crippen MR) is 3.83 cm³/mol. The summed E-state index contributed by atoms with van der Waals surface area (Å²) in [5.74, 6) is 0. The molecule has 0 aromatic rings. The molecule has 0 saturated heterocycles. The third kappa shape index (κ3) is 20.4. The van der Waals surface area contributed by atoms with E-state index in [1.807, 2.05) is 0 Å². The number of hydrogen-bond acceptors (Lipinski definition) is 7. The van der Waals surface area contributed by atoms with E-state index >= 15 is 0 Å². The van der Waals surface area contributed by atoms with Crippen molar-refractivity contribution >= 4 is 0 Å². The minimum atomic E-state index is -6.07. The maximum atomic E-state index is 9.38. The van der Waals surface area contributed by atoms with Gasteiger partial charge in [0.25, 0.3) is 0 Å². The Morgan fingerprint density at radius 3 is 1.00 bits per heavy atom. The molecular formula is Cr2Cs2O7. The van der Waals surface area contributed by atoms with Gasteiger partial charge in [0, 0.05) is 0 Å². The summed E-state index contributed by atoms with van der Waals surface area (Å²) in [6, 6.07) is 0. The molecule has 0 amide bonds. The van der Waals surface area contributed by atoms with Crippen molar-refractivity contribution in [1.82, 2.24) is 0 Å². The normalized spacial score (nSPS) is 11.1. The van der Waals surface area contributed by atoms with Crippen LogP contribution >= 0.6 is 0 Å². The molecule has 56 valence electrons. The first-order valence-electron chi connectivity index (χ1n) is 1.33. The van der Waals surface area contributed by atoms with Crippen LogP contribution in [0.1, 0.15) is 0 Å². The summed E-state index contributed by atoms with van der Waals surface area (Å²) in [4.78, 5) is 0. The van der Waals surface area contributed by atoms with Gasteiger partial charge in [0.1, 0.15) is 0 Å². The zero-order valence-corrected chi connectivity index (χ0v) is 20.8. The van der Waals surface area contributed by atoms with Gasteiger partial charge in [-0.25, -0.2) is 0 Å². The predicted octanol–water partition coefficient (Wildman–Crippen LogP) is -8.92. The average molecular weight is 482 g/mol. The molecule has 0 bridgehead atoms.